The maximum absolute atomic E-state index is 13.6. The zero-order valence-electron chi connectivity index (χ0n) is 13.8. The van der Waals surface area contributed by atoms with Crippen LogP contribution in [0, 0.1) is 23.1 Å². The number of aliphatic hydroxyl groups is 1. The van der Waals surface area contributed by atoms with Crippen LogP contribution in [0.1, 0.15) is 37.3 Å². The van der Waals surface area contributed by atoms with Crippen molar-refractivity contribution in [1.29, 1.82) is 5.26 Å². The maximum atomic E-state index is 13.6. The first-order valence-corrected chi connectivity index (χ1v) is 8.73. The first-order valence-electron chi connectivity index (χ1n) is 8.35. The van der Waals surface area contributed by atoms with E-state index in [2.05, 4.69) is 4.90 Å². The van der Waals surface area contributed by atoms with Gasteiger partial charge in [0.1, 0.15) is 17.4 Å². The van der Waals surface area contributed by atoms with Crippen LogP contribution in [0.2, 0.25) is 5.02 Å². The zero-order valence-corrected chi connectivity index (χ0v) is 14.5. The molecule has 6 heteroatoms. The number of rotatable bonds is 3. The van der Waals surface area contributed by atoms with E-state index in [0.717, 1.165) is 24.9 Å². The van der Waals surface area contributed by atoms with Gasteiger partial charge in [0.05, 0.1) is 17.2 Å². The molecule has 24 heavy (non-hydrogen) atoms. The van der Waals surface area contributed by atoms with Crippen LogP contribution in [0.4, 0.5) is 4.39 Å². The summed E-state index contributed by atoms with van der Waals surface area (Å²) in [7, 11) is 0. The molecule has 0 aromatic heterocycles. The van der Waals surface area contributed by atoms with Crippen molar-refractivity contribution in [2.75, 3.05) is 19.8 Å². The van der Waals surface area contributed by atoms with Gasteiger partial charge in [-0.15, -0.1) is 0 Å². The van der Waals surface area contributed by atoms with E-state index in [-0.39, 0.29) is 22.5 Å². The lowest BCUT2D eigenvalue weighted by Gasteiger charge is -2.43. The molecule has 3 rings (SSSR count). The van der Waals surface area contributed by atoms with E-state index in [1.54, 1.807) is 6.07 Å². The first-order chi connectivity index (χ1) is 11.4. The Morgan fingerprint density at radius 1 is 1.54 bits per heavy atom. The standard InChI is InChI=1S/C18H22ClFN2O2/c1-18(23)6-8-24-11-14(18)16-3-2-7-22(16)10-12-4-5-15(20)13(9-21)17(12)19/h4-5,14,16,23H,2-3,6-8,10-11H2,1H3. The van der Waals surface area contributed by atoms with Gasteiger partial charge in [-0.25, -0.2) is 4.39 Å². The number of hydrogen-bond donors (Lipinski definition) is 1. The van der Waals surface area contributed by atoms with E-state index < -0.39 is 11.4 Å². The number of halogens is 2. The Bertz CT molecular complexity index is 659. The van der Waals surface area contributed by atoms with E-state index in [0.29, 0.717) is 26.2 Å². The SMILES string of the molecule is CC1(O)CCOCC1C1CCCN1Cc1ccc(F)c(C#N)c1Cl. The first kappa shape index (κ1) is 17.6. The second-order valence-corrected chi connectivity index (χ2v) is 7.35. The third kappa shape index (κ3) is 3.29. The fourth-order valence-corrected chi connectivity index (χ4v) is 4.18. The van der Waals surface area contributed by atoms with Crippen molar-refractivity contribution in [3.05, 3.63) is 34.1 Å². The Balaban J connectivity index is 1.81. The molecule has 3 atom stereocenters. The van der Waals surface area contributed by atoms with Crippen LogP contribution in [0.5, 0.6) is 0 Å². The third-order valence-corrected chi connectivity index (χ3v) is 5.82. The van der Waals surface area contributed by atoms with Gasteiger partial charge in [-0.3, -0.25) is 4.90 Å². The molecule has 2 aliphatic heterocycles. The Labute approximate surface area is 146 Å². The molecular weight excluding hydrogens is 331 g/mol. The summed E-state index contributed by atoms with van der Waals surface area (Å²) >= 11 is 6.22. The molecule has 2 fully saturated rings. The normalized spacial score (nSPS) is 31.1. The summed E-state index contributed by atoms with van der Waals surface area (Å²) in [6.45, 7) is 4.47. The van der Waals surface area contributed by atoms with Crippen LogP contribution in [0.3, 0.4) is 0 Å². The Kier molecular flexibility index (Phi) is 5.12. The number of likely N-dealkylation sites (tertiary alicyclic amines) is 1. The monoisotopic (exact) mass is 352 g/mol. The summed E-state index contributed by atoms with van der Waals surface area (Å²) in [5.74, 6) is -0.545. The van der Waals surface area contributed by atoms with Gasteiger partial charge in [0, 0.05) is 25.1 Å². The van der Waals surface area contributed by atoms with E-state index in [1.165, 1.54) is 6.07 Å². The lowest BCUT2D eigenvalue weighted by atomic mass is 9.79. The molecule has 3 unspecified atom stereocenters. The highest BCUT2D eigenvalue weighted by Crippen LogP contribution is 2.37. The van der Waals surface area contributed by atoms with Crippen LogP contribution >= 0.6 is 11.6 Å². The van der Waals surface area contributed by atoms with E-state index in [9.17, 15) is 9.50 Å². The van der Waals surface area contributed by atoms with Gasteiger partial charge in [-0.1, -0.05) is 17.7 Å². The van der Waals surface area contributed by atoms with Gasteiger partial charge >= 0.3 is 0 Å². The molecule has 130 valence electrons. The lowest BCUT2D eigenvalue weighted by Crippen LogP contribution is -2.52. The van der Waals surface area contributed by atoms with Crippen molar-refractivity contribution in [2.45, 2.75) is 44.4 Å². The molecule has 2 aliphatic rings. The minimum Gasteiger partial charge on any atom is -0.390 e. The topological polar surface area (TPSA) is 56.5 Å². The number of benzene rings is 1. The predicted molar refractivity (Wildman–Crippen MR) is 89.1 cm³/mol. The quantitative estimate of drug-likeness (QED) is 0.908. The molecular formula is C18H22ClFN2O2. The molecule has 4 nitrogen and oxygen atoms in total. The summed E-state index contributed by atoms with van der Waals surface area (Å²) in [4.78, 5) is 2.27. The van der Waals surface area contributed by atoms with Crippen LogP contribution in [0.25, 0.3) is 0 Å². The highest BCUT2D eigenvalue weighted by molar-refractivity contribution is 6.32. The van der Waals surface area contributed by atoms with Crippen LogP contribution in [-0.4, -0.2) is 41.4 Å². The Hall–Kier alpha value is -1.19. The molecule has 0 amide bonds. The molecule has 0 bridgehead atoms. The number of hydrogen-bond acceptors (Lipinski definition) is 4. The minimum atomic E-state index is -0.740. The summed E-state index contributed by atoms with van der Waals surface area (Å²) in [5, 5.41) is 20.0. The number of nitriles is 1. The average molecular weight is 353 g/mol. The van der Waals surface area contributed by atoms with Gasteiger partial charge in [0.2, 0.25) is 0 Å². The van der Waals surface area contributed by atoms with E-state index in [1.807, 2.05) is 13.0 Å². The minimum absolute atomic E-state index is 0.0448. The third-order valence-electron chi connectivity index (χ3n) is 5.38. The van der Waals surface area contributed by atoms with Crippen molar-refractivity contribution in [3.63, 3.8) is 0 Å². The number of ether oxygens (including phenoxy) is 1. The fraction of sp³-hybridized carbons (Fsp3) is 0.611. The Morgan fingerprint density at radius 2 is 2.33 bits per heavy atom. The van der Waals surface area contributed by atoms with Crippen molar-refractivity contribution >= 4 is 11.6 Å². The summed E-state index contributed by atoms with van der Waals surface area (Å²) in [6.07, 6.45) is 2.67. The molecule has 1 N–H and O–H groups in total. The van der Waals surface area contributed by atoms with Gasteiger partial charge in [0.15, 0.2) is 0 Å². The van der Waals surface area contributed by atoms with Crippen molar-refractivity contribution in [3.8, 4) is 6.07 Å². The van der Waals surface area contributed by atoms with Gasteiger partial charge in [-0.2, -0.15) is 5.26 Å². The predicted octanol–water partition coefficient (Wildman–Crippen LogP) is 3.10. The molecule has 0 saturated carbocycles. The summed E-state index contributed by atoms with van der Waals surface area (Å²) in [6, 6.07) is 4.97. The fourth-order valence-electron chi connectivity index (χ4n) is 3.92. The van der Waals surface area contributed by atoms with Crippen molar-refractivity contribution < 1.29 is 14.2 Å². The van der Waals surface area contributed by atoms with Crippen LogP contribution < -0.4 is 0 Å². The van der Waals surface area contributed by atoms with Crippen molar-refractivity contribution in [1.82, 2.24) is 4.90 Å². The zero-order chi connectivity index (χ0) is 17.3. The second-order valence-electron chi connectivity index (χ2n) is 6.98. The average Bonchev–Trinajstić information content (AvgIpc) is 2.98. The molecule has 1 aromatic rings. The van der Waals surface area contributed by atoms with E-state index >= 15 is 0 Å². The van der Waals surface area contributed by atoms with Crippen LogP contribution in [-0.2, 0) is 11.3 Å². The number of nitrogens with zero attached hydrogens (tertiary/aromatic N) is 2. The Morgan fingerprint density at radius 3 is 3.04 bits per heavy atom. The smallest absolute Gasteiger partial charge is 0.142 e. The molecule has 0 aliphatic carbocycles. The molecule has 2 heterocycles. The van der Waals surface area contributed by atoms with Crippen LogP contribution in [0.15, 0.2) is 12.1 Å². The molecule has 1 aromatic carbocycles. The highest BCUT2D eigenvalue weighted by atomic mass is 35.5. The van der Waals surface area contributed by atoms with E-state index in [4.69, 9.17) is 21.6 Å². The lowest BCUT2D eigenvalue weighted by molar-refractivity contribution is -0.123. The van der Waals surface area contributed by atoms with Gasteiger partial charge in [0.25, 0.3) is 0 Å². The van der Waals surface area contributed by atoms with Crippen molar-refractivity contribution in [2.24, 2.45) is 5.92 Å². The summed E-state index contributed by atoms with van der Waals surface area (Å²) in [5.41, 5.74) is -0.0913. The van der Waals surface area contributed by atoms with Gasteiger partial charge in [-0.05, 0) is 44.4 Å². The molecule has 2 saturated heterocycles. The molecule has 0 radical (unpaired) electrons. The van der Waals surface area contributed by atoms with Gasteiger partial charge < -0.3 is 9.84 Å². The maximum Gasteiger partial charge on any atom is 0.142 e. The molecule has 0 spiro atoms. The largest absolute Gasteiger partial charge is 0.390 e. The summed E-state index contributed by atoms with van der Waals surface area (Å²) < 4.78 is 19.2. The highest BCUT2D eigenvalue weighted by Gasteiger charge is 2.44. The second kappa shape index (κ2) is 6.97.